The van der Waals surface area contributed by atoms with Crippen LogP contribution < -0.4 is 0 Å². The average molecular weight is 342 g/mol. The lowest BCUT2D eigenvalue weighted by Crippen LogP contribution is -2.37. The van der Waals surface area contributed by atoms with E-state index in [0.717, 1.165) is 44.5 Å². The van der Waals surface area contributed by atoms with Crippen molar-refractivity contribution in [3.8, 4) is 0 Å². The molecular weight excluding hydrogens is 319 g/mol. The third-order valence-corrected chi connectivity index (χ3v) is 4.77. The minimum atomic E-state index is -0.227. The maximum absolute atomic E-state index is 12.9. The standard InChI is InChI=1S/C20H23FN2O2/c21-18-7-4-17(5-8-18)15-22-13-10-16(11-14-22)6-9-20(25)23-12-2-1-3-19(23)24/h1,3-9,16H,2,10-15H2. The van der Waals surface area contributed by atoms with Gasteiger partial charge >= 0.3 is 0 Å². The van der Waals surface area contributed by atoms with E-state index in [2.05, 4.69) is 4.90 Å². The molecule has 1 aromatic carbocycles. The van der Waals surface area contributed by atoms with Crippen LogP contribution in [0, 0.1) is 11.7 Å². The number of amides is 2. The van der Waals surface area contributed by atoms with Crippen molar-refractivity contribution in [3.05, 3.63) is 60.0 Å². The number of nitrogens with zero attached hydrogens (tertiary/aromatic N) is 2. The number of benzene rings is 1. The highest BCUT2D eigenvalue weighted by Crippen LogP contribution is 2.20. The first kappa shape index (κ1) is 17.5. The molecular formula is C20H23FN2O2. The minimum Gasteiger partial charge on any atom is -0.299 e. The number of allylic oxidation sites excluding steroid dienone is 1. The highest BCUT2D eigenvalue weighted by Gasteiger charge is 2.21. The second kappa shape index (κ2) is 8.21. The van der Waals surface area contributed by atoms with E-state index in [4.69, 9.17) is 0 Å². The molecule has 2 aliphatic heterocycles. The van der Waals surface area contributed by atoms with Crippen LogP contribution in [-0.4, -0.2) is 41.2 Å². The number of likely N-dealkylation sites (tertiary alicyclic amines) is 1. The molecule has 1 fully saturated rings. The summed E-state index contributed by atoms with van der Waals surface area (Å²) in [5, 5.41) is 0. The molecule has 0 bridgehead atoms. The average Bonchev–Trinajstić information content (AvgIpc) is 2.63. The van der Waals surface area contributed by atoms with E-state index in [9.17, 15) is 14.0 Å². The Morgan fingerprint density at radius 3 is 2.56 bits per heavy atom. The molecule has 0 saturated carbocycles. The summed E-state index contributed by atoms with van der Waals surface area (Å²) in [6.07, 6.45) is 9.46. The number of imide groups is 1. The van der Waals surface area contributed by atoms with Crippen molar-refractivity contribution in [3.63, 3.8) is 0 Å². The molecule has 5 heteroatoms. The van der Waals surface area contributed by atoms with Crippen LogP contribution in [0.2, 0.25) is 0 Å². The van der Waals surface area contributed by atoms with Crippen molar-refractivity contribution in [2.24, 2.45) is 5.92 Å². The number of halogens is 1. The predicted octanol–water partition coefficient (Wildman–Crippen LogP) is 2.91. The quantitative estimate of drug-likeness (QED) is 0.790. The van der Waals surface area contributed by atoms with Crippen LogP contribution in [-0.2, 0) is 16.1 Å². The number of carbonyl (C=O) groups excluding carboxylic acids is 2. The van der Waals surface area contributed by atoms with Gasteiger partial charge in [0.15, 0.2) is 0 Å². The van der Waals surface area contributed by atoms with Gasteiger partial charge < -0.3 is 0 Å². The Morgan fingerprint density at radius 2 is 1.88 bits per heavy atom. The van der Waals surface area contributed by atoms with Gasteiger partial charge in [-0.2, -0.15) is 0 Å². The molecule has 2 amide bonds. The molecule has 0 aromatic heterocycles. The van der Waals surface area contributed by atoms with Crippen LogP contribution in [0.4, 0.5) is 4.39 Å². The predicted molar refractivity (Wildman–Crippen MR) is 94.0 cm³/mol. The molecule has 1 saturated heterocycles. The number of piperidine rings is 1. The van der Waals surface area contributed by atoms with Gasteiger partial charge in [0.1, 0.15) is 5.82 Å². The third kappa shape index (κ3) is 4.86. The zero-order valence-corrected chi connectivity index (χ0v) is 14.2. The molecule has 3 rings (SSSR count). The Hall–Kier alpha value is -2.27. The Kier molecular flexibility index (Phi) is 5.76. The van der Waals surface area contributed by atoms with Gasteiger partial charge in [0.25, 0.3) is 11.8 Å². The van der Waals surface area contributed by atoms with Crippen molar-refractivity contribution in [2.45, 2.75) is 25.8 Å². The highest BCUT2D eigenvalue weighted by atomic mass is 19.1. The molecule has 4 nitrogen and oxygen atoms in total. The summed E-state index contributed by atoms with van der Waals surface area (Å²) in [4.78, 5) is 27.4. The van der Waals surface area contributed by atoms with Crippen LogP contribution in [0.15, 0.2) is 48.6 Å². The normalized spacial score (nSPS) is 19.7. The van der Waals surface area contributed by atoms with E-state index >= 15 is 0 Å². The van der Waals surface area contributed by atoms with Crippen LogP contribution >= 0.6 is 0 Å². The lowest BCUT2D eigenvalue weighted by molar-refractivity contribution is -0.139. The topological polar surface area (TPSA) is 40.6 Å². The maximum Gasteiger partial charge on any atom is 0.253 e. The Bertz CT molecular complexity index is 673. The second-order valence-corrected chi connectivity index (χ2v) is 6.62. The zero-order valence-electron chi connectivity index (χ0n) is 14.2. The second-order valence-electron chi connectivity index (χ2n) is 6.62. The summed E-state index contributed by atoms with van der Waals surface area (Å²) in [5.41, 5.74) is 1.11. The summed E-state index contributed by atoms with van der Waals surface area (Å²) in [6.45, 7) is 3.19. The number of hydrogen-bond acceptors (Lipinski definition) is 3. The van der Waals surface area contributed by atoms with E-state index < -0.39 is 0 Å². The molecule has 0 unspecified atom stereocenters. The molecule has 0 aliphatic carbocycles. The molecule has 0 N–H and O–H groups in total. The lowest BCUT2D eigenvalue weighted by atomic mass is 9.96. The van der Waals surface area contributed by atoms with Gasteiger partial charge in [-0.3, -0.25) is 19.4 Å². The smallest absolute Gasteiger partial charge is 0.253 e. The number of carbonyl (C=O) groups is 2. The fraction of sp³-hybridized carbons (Fsp3) is 0.400. The van der Waals surface area contributed by atoms with Crippen molar-refractivity contribution < 1.29 is 14.0 Å². The van der Waals surface area contributed by atoms with Crippen LogP contribution in [0.1, 0.15) is 24.8 Å². The molecule has 0 atom stereocenters. The van der Waals surface area contributed by atoms with Gasteiger partial charge in [-0.15, -0.1) is 0 Å². The number of rotatable bonds is 4. The summed E-state index contributed by atoms with van der Waals surface area (Å²) in [6, 6.07) is 6.63. The number of hydrogen-bond donors (Lipinski definition) is 0. The van der Waals surface area contributed by atoms with Crippen LogP contribution in [0.3, 0.4) is 0 Å². The summed E-state index contributed by atoms with van der Waals surface area (Å²) in [7, 11) is 0. The lowest BCUT2D eigenvalue weighted by Gasteiger charge is -2.30. The van der Waals surface area contributed by atoms with E-state index in [1.807, 2.05) is 18.2 Å². The van der Waals surface area contributed by atoms with Crippen LogP contribution in [0.5, 0.6) is 0 Å². The largest absolute Gasteiger partial charge is 0.299 e. The Labute approximate surface area is 147 Å². The molecule has 0 spiro atoms. The maximum atomic E-state index is 12.9. The summed E-state index contributed by atoms with van der Waals surface area (Å²) >= 11 is 0. The summed E-state index contributed by atoms with van der Waals surface area (Å²) < 4.78 is 12.9. The minimum absolute atomic E-state index is 0.208. The van der Waals surface area contributed by atoms with Crippen molar-refractivity contribution >= 4 is 11.8 Å². The van der Waals surface area contributed by atoms with Crippen LogP contribution in [0.25, 0.3) is 0 Å². The molecule has 0 radical (unpaired) electrons. The molecule has 1 aromatic rings. The van der Waals surface area contributed by atoms with E-state index in [1.54, 1.807) is 12.2 Å². The van der Waals surface area contributed by atoms with Crippen molar-refractivity contribution in [1.82, 2.24) is 9.80 Å². The fourth-order valence-corrected chi connectivity index (χ4v) is 3.27. The van der Waals surface area contributed by atoms with E-state index in [-0.39, 0.29) is 17.6 Å². The SMILES string of the molecule is O=C1C=CCCN1C(=O)C=CC1CCN(Cc2ccc(F)cc2)CC1. The monoisotopic (exact) mass is 342 g/mol. The van der Waals surface area contributed by atoms with Gasteiger partial charge in [-0.25, -0.2) is 4.39 Å². The first-order chi connectivity index (χ1) is 12.1. The van der Waals surface area contributed by atoms with Crippen molar-refractivity contribution in [1.29, 1.82) is 0 Å². The fourth-order valence-electron chi connectivity index (χ4n) is 3.27. The van der Waals surface area contributed by atoms with Crippen molar-refractivity contribution in [2.75, 3.05) is 19.6 Å². The van der Waals surface area contributed by atoms with E-state index in [0.29, 0.717) is 12.5 Å². The van der Waals surface area contributed by atoms with E-state index in [1.165, 1.54) is 23.1 Å². The molecule has 2 aliphatic rings. The molecule has 2 heterocycles. The molecule has 25 heavy (non-hydrogen) atoms. The third-order valence-electron chi connectivity index (χ3n) is 4.77. The Morgan fingerprint density at radius 1 is 1.16 bits per heavy atom. The van der Waals surface area contributed by atoms with Gasteiger partial charge in [0.05, 0.1) is 0 Å². The first-order valence-corrected chi connectivity index (χ1v) is 8.79. The van der Waals surface area contributed by atoms with Gasteiger partial charge in [-0.05, 0) is 68.1 Å². The van der Waals surface area contributed by atoms with Gasteiger partial charge in [0.2, 0.25) is 0 Å². The highest BCUT2D eigenvalue weighted by molar-refractivity contribution is 6.05. The zero-order chi connectivity index (χ0) is 17.6. The summed E-state index contributed by atoms with van der Waals surface area (Å²) in [5.74, 6) is -0.290. The van der Waals surface area contributed by atoms with Gasteiger partial charge in [0, 0.05) is 13.1 Å². The molecule has 132 valence electrons. The van der Waals surface area contributed by atoms with Gasteiger partial charge in [-0.1, -0.05) is 24.3 Å². The Balaban J connectivity index is 1.45. The first-order valence-electron chi connectivity index (χ1n) is 8.79.